The summed E-state index contributed by atoms with van der Waals surface area (Å²) in [6.07, 6.45) is 4.50. The fraction of sp³-hybridized carbons (Fsp3) is 0.160. The van der Waals surface area contributed by atoms with Crippen LogP contribution in [0.4, 0.5) is 10.8 Å². The maximum atomic E-state index is 12.9. The first-order valence-corrected chi connectivity index (χ1v) is 11.0. The van der Waals surface area contributed by atoms with Crippen molar-refractivity contribution in [1.29, 1.82) is 0 Å². The van der Waals surface area contributed by atoms with Crippen molar-refractivity contribution < 1.29 is 4.79 Å². The molecule has 0 fully saturated rings. The Morgan fingerprint density at radius 1 is 1.06 bits per heavy atom. The molecule has 0 unspecified atom stereocenters. The smallest absolute Gasteiger partial charge is 0.256 e. The number of nitrogens with zero attached hydrogens (tertiary/aromatic N) is 2. The Labute approximate surface area is 186 Å². The van der Waals surface area contributed by atoms with Gasteiger partial charge in [-0.15, -0.1) is 11.3 Å². The Morgan fingerprint density at radius 2 is 1.90 bits per heavy atom. The van der Waals surface area contributed by atoms with Gasteiger partial charge in [-0.1, -0.05) is 37.3 Å². The quantitative estimate of drug-likeness (QED) is 0.387. The highest BCUT2D eigenvalue weighted by molar-refractivity contribution is 7.16. The number of amides is 1. The van der Waals surface area contributed by atoms with Crippen molar-refractivity contribution in [2.24, 2.45) is 0 Å². The minimum absolute atomic E-state index is 0.120. The van der Waals surface area contributed by atoms with Crippen molar-refractivity contribution in [1.82, 2.24) is 9.97 Å². The summed E-state index contributed by atoms with van der Waals surface area (Å²) in [5.41, 5.74) is 3.57. The number of aromatic nitrogens is 2. The minimum atomic E-state index is -0.203. The first kappa shape index (κ1) is 20.8. The molecule has 0 aliphatic carbocycles. The number of thiophene rings is 1. The van der Waals surface area contributed by atoms with Crippen molar-refractivity contribution >= 4 is 28.1 Å². The van der Waals surface area contributed by atoms with E-state index in [0.717, 1.165) is 34.1 Å². The molecule has 0 aliphatic rings. The lowest BCUT2D eigenvalue weighted by Crippen LogP contribution is -2.17. The van der Waals surface area contributed by atoms with Gasteiger partial charge < -0.3 is 10.6 Å². The highest BCUT2D eigenvalue weighted by atomic mass is 32.1. The molecule has 3 aromatic heterocycles. The topological polar surface area (TPSA) is 66.9 Å². The molecule has 0 saturated heterocycles. The molecule has 5 nitrogen and oxygen atoms in total. The number of hydrogen-bond donors (Lipinski definition) is 2. The van der Waals surface area contributed by atoms with E-state index in [9.17, 15) is 4.79 Å². The molecule has 1 aromatic carbocycles. The molecular weight excluding hydrogens is 404 g/mol. The first-order valence-electron chi connectivity index (χ1n) is 10.2. The Kier molecular flexibility index (Phi) is 6.38. The maximum absolute atomic E-state index is 12.9. The number of pyridine rings is 2. The monoisotopic (exact) mass is 428 g/mol. The van der Waals surface area contributed by atoms with Crippen LogP contribution in [0.1, 0.15) is 45.0 Å². The molecule has 31 heavy (non-hydrogen) atoms. The molecule has 0 saturated carbocycles. The minimum Gasteiger partial charge on any atom is -0.359 e. The summed E-state index contributed by atoms with van der Waals surface area (Å²) in [4.78, 5) is 23.0. The van der Waals surface area contributed by atoms with Crippen LogP contribution in [0.25, 0.3) is 0 Å². The second kappa shape index (κ2) is 9.53. The second-order valence-corrected chi connectivity index (χ2v) is 8.34. The maximum Gasteiger partial charge on any atom is 0.256 e. The van der Waals surface area contributed by atoms with E-state index in [1.165, 1.54) is 4.88 Å². The fourth-order valence-corrected chi connectivity index (χ4v) is 4.40. The summed E-state index contributed by atoms with van der Waals surface area (Å²) in [6.45, 7) is 4.09. The van der Waals surface area contributed by atoms with Crippen LogP contribution < -0.4 is 10.6 Å². The van der Waals surface area contributed by atoms with Crippen molar-refractivity contribution in [2.45, 2.75) is 26.3 Å². The largest absolute Gasteiger partial charge is 0.359 e. The Bertz CT molecular complexity index is 1160. The summed E-state index contributed by atoms with van der Waals surface area (Å²) in [5, 5.41) is 7.51. The average molecular weight is 429 g/mol. The number of benzene rings is 1. The highest BCUT2D eigenvalue weighted by Crippen LogP contribution is 2.38. The van der Waals surface area contributed by atoms with Crippen molar-refractivity contribution in [3.8, 4) is 0 Å². The van der Waals surface area contributed by atoms with Crippen molar-refractivity contribution in [2.75, 3.05) is 10.6 Å². The van der Waals surface area contributed by atoms with E-state index in [-0.39, 0.29) is 11.9 Å². The Hall–Kier alpha value is -3.51. The summed E-state index contributed by atoms with van der Waals surface area (Å²) < 4.78 is 0. The lowest BCUT2D eigenvalue weighted by molar-refractivity contribution is 0.102. The van der Waals surface area contributed by atoms with Crippen LogP contribution in [-0.4, -0.2) is 15.9 Å². The lowest BCUT2D eigenvalue weighted by Gasteiger charge is -2.21. The van der Waals surface area contributed by atoms with Gasteiger partial charge in [-0.25, -0.2) is 4.98 Å². The number of anilines is 2. The van der Waals surface area contributed by atoms with Gasteiger partial charge in [-0.2, -0.15) is 0 Å². The number of aryl methyl sites for hydroxylation is 2. The number of rotatable bonds is 7. The van der Waals surface area contributed by atoms with E-state index < -0.39 is 0 Å². The summed E-state index contributed by atoms with van der Waals surface area (Å²) >= 11 is 1.61. The van der Waals surface area contributed by atoms with E-state index in [0.29, 0.717) is 5.56 Å². The standard InChI is InChI=1S/C25H24N4OS/c1-3-20-15-21(25(31-20)29-24(30)18-10-5-4-6-11-18)23(19-12-8-14-26-16-19)28-22-13-7-9-17(2)27-22/h4-16,23H,3H2,1-2H3,(H,27,28)(H,29,30)/t23-/m1/s1. The molecular formula is C25H24N4OS. The SMILES string of the molecule is CCc1cc([C@H](Nc2cccc(C)n2)c2cccnc2)c(NC(=O)c2ccccc2)s1. The third-order valence-corrected chi connectivity index (χ3v) is 6.14. The van der Waals surface area contributed by atoms with Crippen molar-refractivity contribution in [3.63, 3.8) is 0 Å². The zero-order chi connectivity index (χ0) is 21.6. The molecule has 1 amide bonds. The van der Waals surface area contributed by atoms with Gasteiger partial charge in [-0.3, -0.25) is 9.78 Å². The van der Waals surface area contributed by atoms with E-state index >= 15 is 0 Å². The molecule has 6 heteroatoms. The van der Waals surface area contributed by atoms with Gasteiger partial charge in [0.1, 0.15) is 10.8 Å². The molecule has 0 aliphatic heterocycles. The third-order valence-electron chi connectivity index (χ3n) is 4.93. The van der Waals surface area contributed by atoms with E-state index in [1.54, 1.807) is 17.5 Å². The van der Waals surface area contributed by atoms with Gasteiger partial charge in [0, 0.05) is 34.1 Å². The van der Waals surface area contributed by atoms with Crippen LogP contribution in [0, 0.1) is 6.92 Å². The van der Waals surface area contributed by atoms with Gasteiger partial charge in [0.15, 0.2) is 0 Å². The number of carbonyl (C=O) groups excluding carboxylic acids is 1. The molecule has 0 bridgehead atoms. The number of carbonyl (C=O) groups is 1. The van der Waals surface area contributed by atoms with Crippen molar-refractivity contribution in [3.05, 3.63) is 106 Å². The molecule has 4 rings (SSSR count). The van der Waals surface area contributed by atoms with E-state index in [2.05, 4.69) is 33.6 Å². The Morgan fingerprint density at radius 3 is 2.61 bits per heavy atom. The number of nitrogens with one attached hydrogen (secondary N) is 2. The Balaban J connectivity index is 1.73. The molecule has 4 aromatic rings. The predicted octanol–water partition coefficient (Wildman–Crippen LogP) is 5.86. The molecule has 0 radical (unpaired) electrons. The normalized spacial score (nSPS) is 11.7. The lowest BCUT2D eigenvalue weighted by atomic mass is 10.0. The van der Waals surface area contributed by atoms with Gasteiger partial charge in [0.2, 0.25) is 0 Å². The average Bonchev–Trinajstić information content (AvgIpc) is 3.21. The van der Waals surface area contributed by atoms with Crippen LogP contribution in [0.5, 0.6) is 0 Å². The summed E-state index contributed by atoms with van der Waals surface area (Å²) in [5.74, 6) is 0.656. The van der Waals surface area contributed by atoms with Gasteiger partial charge >= 0.3 is 0 Å². The van der Waals surface area contributed by atoms with Gasteiger partial charge in [-0.05, 0) is 55.3 Å². The van der Waals surface area contributed by atoms with Gasteiger partial charge in [0.05, 0.1) is 6.04 Å². The van der Waals surface area contributed by atoms with Crippen LogP contribution in [0.15, 0.2) is 79.1 Å². The zero-order valence-corrected chi connectivity index (χ0v) is 18.3. The summed E-state index contributed by atoms with van der Waals surface area (Å²) in [6, 6.07) is 21.1. The molecule has 156 valence electrons. The van der Waals surface area contributed by atoms with Crippen LogP contribution in [-0.2, 0) is 6.42 Å². The van der Waals surface area contributed by atoms with Crippen LogP contribution >= 0.6 is 11.3 Å². The van der Waals surface area contributed by atoms with Crippen LogP contribution in [0.3, 0.4) is 0 Å². The predicted molar refractivity (Wildman–Crippen MR) is 127 cm³/mol. The zero-order valence-electron chi connectivity index (χ0n) is 17.5. The second-order valence-electron chi connectivity index (χ2n) is 7.20. The summed E-state index contributed by atoms with van der Waals surface area (Å²) in [7, 11) is 0. The van der Waals surface area contributed by atoms with Gasteiger partial charge in [0.25, 0.3) is 5.91 Å². The molecule has 3 heterocycles. The van der Waals surface area contributed by atoms with E-state index in [1.807, 2.05) is 73.8 Å². The number of hydrogen-bond acceptors (Lipinski definition) is 5. The first-order chi connectivity index (χ1) is 15.1. The fourth-order valence-electron chi connectivity index (χ4n) is 3.37. The third kappa shape index (κ3) is 4.98. The van der Waals surface area contributed by atoms with Crippen LogP contribution in [0.2, 0.25) is 0 Å². The molecule has 1 atom stereocenters. The molecule has 0 spiro atoms. The highest BCUT2D eigenvalue weighted by Gasteiger charge is 2.23. The molecule has 2 N–H and O–H groups in total. The van der Waals surface area contributed by atoms with E-state index in [4.69, 9.17) is 0 Å².